The first-order valence-corrected chi connectivity index (χ1v) is 8.57. The summed E-state index contributed by atoms with van der Waals surface area (Å²) in [5, 5.41) is 7.34. The van der Waals surface area contributed by atoms with E-state index in [0.717, 1.165) is 48.9 Å². The largest absolute Gasteiger partial charge is 0.467 e. The zero-order chi connectivity index (χ0) is 17.2. The van der Waals surface area contributed by atoms with Gasteiger partial charge in [-0.1, -0.05) is 0 Å². The summed E-state index contributed by atoms with van der Waals surface area (Å²) in [5.74, 6) is 1.97. The van der Waals surface area contributed by atoms with Crippen LogP contribution in [0.2, 0.25) is 0 Å². The van der Waals surface area contributed by atoms with Crippen molar-refractivity contribution in [2.45, 2.75) is 26.3 Å². The standard InChI is InChI=1S/C18H21N5O2/c1-13-11-17(23-16(21-13)4-7-20-23)22-8-5-14(6-9-22)18(24)19-12-15-3-2-10-25-15/h2-4,7,10-11,14H,5-6,8-9,12H2,1H3,(H,19,24). The van der Waals surface area contributed by atoms with Gasteiger partial charge in [-0.15, -0.1) is 0 Å². The van der Waals surface area contributed by atoms with Crippen LogP contribution in [-0.4, -0.2) is 33.6 Å². The molecule has 4 rings (SSSR count). The van der Waals surface area contributed by atoms with E-state index in [1.54, 1.807) is 12.5 Å². The molecule has 1 aliphatic heterocycles. The third kappa shape index (κ3) is 3.22. The molecule has 7 heteroatoms. The Balaban J connectivity index is 1.39. The molecule has 3 aromatic heterocycles. The zero-order valence-electron chi connectivity index (χ0n) is 14.2. The van der Waals surface area contributed by atoms with Crippen molar-refractivity contribution in [2.75, 3.05) is 18.0 Å². The average molecular weight is 339 g/mol. The van der Waals surface area contributed by atoms with E-state index in [9.17, 15) is 4.79 Å². The first-order chi connectivity index (χ1) is 12.2. The number of hydrogen-bond acceptors (Lipinski definition) is 5. The van der Waals surface area contributed by atoms with E-state index in [1.165, 1.54) is 0 Å². The monoisotopic (exact) mass is 339 g/mol. The van der Waals surface area contributed by atoms with Crippen molar-refractivity contribution in [1.29, 1.82) is 0 Å². The molecule has 1 saturated heterocycles. The first-order valence-electron chi connectivity index (χ1n) is 8.57. The summed E-state index contributed by atoms with van der Waals surface area (Å²) >= 11 is 0. The number of carbonyl (C=O) groups is 1. The number of piperidine rings is 1. The molecule has 1 fully saturated rings. The molecule has 0 radical (unpaired) electrons. The minimum atomic E-state index is 0.0438. The molecular formula is C18H21N5O2. The lowest BCUT2D eigenvalue weighted by molar-refractivity contribution is -0.125. The molecule has 130 valence electrons. The molecule has 0 saturated carbocycles. The lowest BCUT2D eigenvalue weighted by Crippen LogP contribution is -2.41. The average Bonchev–Trinajstić information content (AvgIpc) is 3.30. The number of rotatable bonds is 4. The molecule has 0 aliphatic carbocycles. The van der Waals surface area contributed by atoms with Crippen LogP contribution >= 0.6 is 0 Å². The zero-order valence-corrected chi connectivity index (χ0v) is 14.2. The predicted octanol–water partition coefficient (Wildman–Crippen LogP) is 2.16. The molecule has 0 bridgehead atoms. The van der Waals surface area contributed by atoms with Crippen LogP contribution in [-0.2, 0) is 11.3 Å². The number of aromatic nitrogens is 3. The molecule has 1 amide bonds. The van der Waals surface area contributed by atoms with Crippen LogP contribution in [0.4, 0.5) is 5.82 Å². The van der Waals surface area contributed by atoms with Gasteiger partial charge in [0.1, 0.15) is 11.6 Å². The maximum Gasteiger partial charge on any atom is 0.223 e. The second-order valence-electron chi connectivity index (χ2n) is 6.42. The molecule has 4 heterocycles. The second kappa shape index (κ2) is 6.58. The van der Waals surface area contributed by atoms with Gasteiger partial charge in [0.25, 0.3) is 0 Å². The van der Waals surface area contributed by atoms with Crippen LogP contribution in [0, 0.1) is 12.8 Å². The van der Waals surface area contributed by atoms with Crippen molar-refractivity contribution in [3.05, 3.63) is 48.2 Å². The van der Waals surface area contributed by atoms with E-state index < -0.39 is 0 Å². The number of nitrogens with one attached hydrogen (secondary N) is 1. The molecule has 1 aliphatic rings. The third-order valence-corrected chi connectivity index (χ3v) is 4.68. The summed E-state index contributed by atoms with van der Waals surface area (Å²) in [6.07, 6.45) is 5.04. The second-order valence-corrected chi connectivity index (χ2v) is 6.42. The molecule has 0 atom stereocenters. The van der Waals surface area contributed by atoms with Crippen molar-refractivity contribution >= 4 is 17.4 Å². The van der Waals surface area contributed by atoms with Gasteiger partial charge in [-0.25, -0.2) is 4.98 Å². The molecule has 3 aromatic rings. The quantitative estimate of drug-likeness (QED) is 0.788. The number of hydrogen-bond donors (Lipinski definition) is 1. The Morgan fingerprint density at radius 2 is 2.20 bits per heavy atom. The first kappa shape index (κ1) is 15.7. The number of aryl methyl sites for hydroxylation is 1. The molecule has 1 N–H and O–H groups in total. The van der Waals surface area contributed by atoms with Gasteiger partial charge >= 0.3 is 0 Å². The summed E-state index contributed by atoms with van der Waals surface area (Å²) in [5.41, 5.74) is 1.83. The van der Waals surface area contributed by atoms with Gasteiger partial charge in [0.05, 0.1) is 19.0 Å². The Labute approximate surface area is 145 Å². The molecule has 7 nitrogen and oxygen atoms in total. The highest BCUT2D eigenvalue weighted by molar-refractivity contribution is 5.78. The Morgan fingerprint density at radius 1 is 1.36 bits per heavy atom. The van der Waals surface area contributed by atoms with Crippen molar-refractivity contribution in [3.8, 4) is 0 Å². The van der Waals surface area contributed by atoms with Crippen LogP contribution < -0.4 is 10.2 Å². The molecular weight excluding hydrogens is 318 g/mol. The van der Waals surface area contributed by atoms with Crippen molar-refractivity contribution < 1.29 is 9.21 Å². The lowest BCUT2D eigenvalue weighted by atomic mass is 9.96. The predicted molar refractivity (Wildman–Crippen MR) is 93.2 cm³/mol. The number of furan rings is 1. The topological polar surface area (TPSA) is 75.7 Å². The van der Waals surface area contributed by atoms with E-state index >= 15 is 0 Å². The fourth-order valence-electron chi connectivity index (χ4n) is 3.35. The maximum atomic E-state index is 12.4. The number of fused-ring (bicyclic) bond motifs is 1. The minimum Gasteiger partial charge on any atom is -0.467 e. The summed E-state index contributed by atoms with van der Waals surface area (Å²) in [7, 11) is 0. The smallest absolute Gasteiger partial charge is 0.223 e. The minimum absolute atomic E-state index is 0.0438. The highest BCUT2D eigenvalue weighted by atomic mass is 16.3. The van der Waals surface area contributed by atoms with Crippen molar-refractivity contribution in [1.82, 2.24) is 19.9 Å². The molecule has 25 heavy (non-hydrogen) atoms. The van der Waals surface area contributed by atoms with E-state index in [4.69, 9.17) is 4.42 Å². The summed E-state index contributed by atoms with van der Waals surface area (Å²) in [6.45, 7) is 4.10. The number of amides is 1. The summed E-state index contributed by atoms with van der Waals surface area (Å²) < 4.78 is 7.12. The fraction of sp³-hybridized carbons (Fsp3) is 0.389. The summed E-state index contributed by atoms with van der Waals surface area (Å²) in [4.78, 5) is 19.1. The molecule has 0 aromatic carbocycles. The van der Waals surface area contributed by atoms with Crippen LogP contribution in [0.5, 0.6) is 0 Å². The van der Waals surface area contributed by atoms with E-state index in [-0.39, 0.29) is 11.8 Å². The van der Waals surface area contributed by atoms with Crippen LogP contribution in [0.15, 0.2) is 41.1 Å². The van der Waals surface area contributed by atoms with Crippen molar-refractivity contribution in [2.24, 2.45) is 5.92 Å². The number of nitrogens with zero attached hydrogens (tertiary/aromatic N) is 4. The lowest BCUT2D eigenvalue weighted by Gasteiger charge is -2.33. The molecule has 0 spiro atoms. The number of carbonyl (C=O) groups excluding carboxylic acids is 1. The Kier molecular flexibility index (Phi) is 4.13. The summed E-state index contributed by atoms with van der Waals surface area (Å²) in [6, 6.07) is 7.65. The highest BCUT2D eigenvalue weighted by Crippen LogP contribution is 2.24. The van der Waals surface area contributed by atoms with Crippen molar-refractivity contribution in [3.63, 3.8) is 0 Å². The fourth-order valence-corrected chi connectivity index (χ4v) is 3.35. The van der Waals surface area contributed by atoms with E-state index in [1.807, 2.05) is 29.6 Å². The normalized spacial score (nSPS) is 15.6. The van der Waals surface area contributed by atoms with Gasteiger partial charge < -0.3 is 14.6 Å². The Morgan fingerprint density at radius 3 is 2.96 bits per heavy atom. The van der Waals surface area contributed by atoms with Gasteiger partial charge in [0.2, 0.25) is 5.91 Å². The van der Waals surface area contributed by atoms with Crippen LogP contribution in [0.25, 0.3) is 5.65 Å². The van der Waals surface area contributed by atoms with Gasteiger partial charge in [-0.2, -0.15) is 9.61 Å². The maximum absolute atomic E-state index is 12.4. The third-order valence-electron chi connectivity index (χ3n) is 4.68. The van der Waals surface area contributed by atoms with Gasteiger partial charge in [0.15, 0.2) is 5.65 Å². The van der Waals surface area contributed by atoms with Gasteiger partial charge in [-0.05, 0) is 31.9 Å². The van der Waals surface area contributed by atoms with E-state index in [0.29, 0.717) is 6.54 Å². The van der Waals surface area contributed by atoms with Crippen LogP contribution in [0.3, 0.4) is 0 Å². The van der Waals surface area contributed by atoms with Gasteiger partial charge in [0, 0.05) is 36.8 Å². The van der Waals surface area contributed by atoms with Crippen LogP contribution in [0.1, 0.15) is 24.3 Å². The Hall–Kier alpha value is -2.83. The van der Waals surface area contributed by atoms with E-state index in [2.05, 4.69) is 26.4 Å². The highest BCUT2D eigenvalue weighted by Gasteiger charge is 2.26. The van der Waals surface area contributed by atoms with Gasteiger partial charge in [-0.3, -0.25) is 4.79 Å². The SMILES string of the molecule is Cc1cc(N2CCC(C(=O)NCc3ccco3)CC2)n2nccc2n1. The number of anilines is 1. The molecule has 0 unspecified atom stereocenters. The Bertz CT molecular complexity index is 863.